The smallest absolute Gasteiger partial charge is 0.225 e. The molecule has 1 aliphatic rings. The van der Waals surface area contributed by atoms with Gasteiger partial charge in [0.05, 0.1) is 4.90 Å². The first-order valence-corrected chi connectivity index (χ1v) is 6.73. The number of hydrogen-bond donors (Lipinski definition) is 1. The van der Waals surface area contributed by atoms with E-state index < -0.39 is 10.0 Å². The summed E-state index contributed by atoms with van der Waals surface area (Å²) in [5, 5.41) is 5.16. The Kier molecular flexibility index (Phi) is 2.80. The van der Waals surface area contributed by atoms with Crippen molar-refractivity contribution in [2.45, 2.75) is 30.6 Å². The van der Waals surface area contributed by atoms with Crippen LogP contribution in [0.2, 0.25) is 0 Å². The van der Waals surface area contributed by atoms with Gasteiger partial charge in [-0.15, -0.1) is 0 Å². The topological polar surface area (TPSA) is 60.2 Å². The Morgan fingerprint density at radius 2 is 1.93 bits per heavy atom. The average molecular weight is 225 g/mol. The predicted molar refractivity (Wildman–Crippen MR) is 58.9 cm³/mol. The van der Waals surface area contributed by atoms with Crippen LogP contribution in [0, 0.1) is 5.92 Å². The van der Waals surface area contributed by atoms with Crippen LogP contribution in [-0.4, -0.2) is 8.42 Å². The highest BCUT2D eigenvalue weighted by molar-refractivity contribution is 7.89. The van der Waals surface area contributed by atoms with E-state index in [1.54, 1.807) is 12.1 Å². The molecule has 2 N–H and O–H groups in total. The number of rotatable bonds is 3. The molecule has 0 radical (unpaired) electrons. The van der Waals surface area contributed by atoms with E-state index in [-0.39, 0.29) is 4.90 Å². The molecule has 0 aromatic heterocycles. The van der Waals surface area contributed by atoms with E-state index in [0.29, 0.717) is 5.92 Å². The van der Waals surface area contributed by atoms with Gasteiger partial charge in [-0.2, -0.15) is 0 Å². The van der Waals surface area contributed by atoms with Crippen LogP contribution < -0.4 is 5.14 Å². The van der Waals surface area contributed by atoms with E-state index >= 15 is 0 Å². The van der Waals surface area contributed by atoms with Gasteiger partial charge in [-0.1, -0.05) is 37.5 Å². The highest BCUT2D eigenvalue weighted by Gasteiger charge is 2.21. The second-order valence-electron chi connectivity index (χ2n) is 4.15. The molecular weight excluding hydrogens is 210 g/mol. The molecule has 1 fully saturated rings. The Balaban J connectivity index is 2.29. The molecule has 0 saturated heterocycles. The van der Waals surface area contributed by atoms with Crippen LogP contribution in [0.15, 0.2) is 29.2 Å². The lowest BCUT2D eigenvalue weighted by atomic mass is 9.81. The van der Waals surface area contributed by atoms with Crippen molar-refractivity contribution in [1.29, 1.82) is 0 Å². The Bertz CT molecular complexity index is 449. The van der Waals surface area contributed by atoms with Gasteiger partial charge in [0, 0.05) is 0 Å². The van der Waals surface area contributed by atoms with Gasteiger partial charge in [-0.3, -0.25) is 0 Å². The molecule has 0 aliphatic heterocycles. The van der Waals surface area contributed by atoms with Crippen molar-refractivity contribution in [3.05, 3.63) is 29.8 Å². The highest BCUT2D eigenvalue weighted by atomic mass is 32.2. The van der Waals surface area contributed by atoms with E-state index in [9.17, 15) is 8.42 Å². The number of benzene rings is 1. The van der Waals surface area contributed by atoms with Crippen LogP contribution in [0.1, 0.15) is 24.8 Å². The zero-order chi connectivity index (χ0) is 10.9. The molecule has 0 heterocycles. The molecule has 0 bridgehead atoms. The van der Waals surface area contributed by atoms with Gasteiger partial charge in [0.2, 0.25) is 10.0 Å². The molecule has 4 heteroatoms. The summed E-state index contributed by atoms with van der Waals surface area (Å²) < 4.78 is 22.6. The van der Waals surface area contributed by atoms with Gasteiger partial charge in [-0.25, -0.2) is 13.6 Å². The molecule has 15 heavy (non-hydrogen) atoms. The molecule has 0 atom stereocenters. The third-order valence-corrected chi connectivity index (χ3v) is 4.02. The third kappa shape index (κ3) is 2.38. The van der Waals surface area contributed by atoms with Crippen molar-refractivity contribution in [3.8, 4) is 0 Å². The van der Waals surface area contributed by atoms with E-state index in [1.165, 1.54) is 19.3 Å². The maximum absolute atomic E-state index is 11.3. The summed E-state index contributed by atoms with van der Waals surface area (Å²) in [5.41, 5.74) is 0.865. The third-order valence-electron chi connectivity index (χ3n) is 3.01. The highest BCUT2D eigenvalue weighted by Crippen LogP contribution is 2.31. The molecule has 1 saturated carbocycles. The SMILES string of the molecule is NS(=O)(=O)c1ccccc1CC1CCC1. The Morgan fingerprint density at radius 3 is 2.47 bits per heavy atom. The Morgan fingerprint density at radius 1 is 1.27 bits per heavy atom. The maximum Gasteiger partial charge on any atom is 0.238 e. The van der Waals surface area contributed by atoms with E-state index in [0.717, 1.165) is 12.0 Å². The van der Waals surface area contributed by atoms with Crippen LogP contribution in [0.25, 0.3) is 0 Å². The summed E-state index contributed by atoms with van der Waals surface area (Å²) in [6, 6.07) is 7.02. The van der Waals surface area contributed by atoms with Crippen LogP contribution in [0.5, 0.6) is 0 Å². The van der Waals surface area contributed by atoms with Gasteiger partial charge >= 0.3 is 0 Å². The van der Waals surface area contributed by atoms with Crippen molar-refractivity contribution in [1.82, 2.24) is 0 Å². The lowest BCUT2D eigenvalue weighted by molar-refractivity contribution is 0.313. The quantitative estimate of drug-likeness (QED) is 0.850. The average Bonchev–Trinajstić information content (AvgIpc) is 2.10. The zero-order valence-electron chi connectivity index (χ0n) is 8.52. The molecule has 0 amide bonds. The number of sulfonamides is 1. The summed E-state index contributed by atoms with van der Waals surface area (Å²) in [7, 11) is -3.56. The van der Waals surface area contributed by atoms with Gasteiger partial charge in [-0.05, 0) is 24.0 Å². The number of hydrogen-bond acceptors (Lipinski definition) is 2. The molecule has 3 nitrogen and oxygen atoms in total. The minimum Gasteiger partial charge on any atom is -0.225 e. The zero-order valence-corrected chi connectivity index (χ0v) is 9.33. The second-order valence-corrected chi connectivity index (χ2v) is 5.68. The minimum absolute atomic E-state index is 0.289. The summed E-state index contributed by atoms with van der Waals surface area (Å²) in [6.07, 6.45) is 4.52. The monoisotopic (exact) mass is 225 g/mol. The molecular formula is C11H15NO2S. The first kappa shape index (κ1) is 10.6. The normalized spacial score (nSPS) is 17.4. The molecule has 1 aromatic carbocycles. The fourth-order valence-electron chi connectivity index (χ4n) is 1.96. The maximum atomic E-state index is 11.3. The molecule has 2 rings (SSSR count). The summed E-state index contributed by atoms with van der Waals surface area (Å²) in [6.45, 7) is 0. The van der Waals surface area contributed by atoms with Crippen molar-refractivity contribution >= 4 is 10.0 Å². The Hall–Kier alpha value is -0.870. The van der Waals surface area contributed by atoms with Gasteiger partial charge < -0.3 is 0 Å². The van der Waals surface area contributed by atoms with Crippen molar-refractivity contribution in [2.24, 2.45) is 11.1 Å². The minimum atomic E-state index is -3.56. The number of nitrogens with two attached hydrogens (primary N) is 1. The van der Waals surface area contributed by atoms with Crippen LogP contribution in [0.3, 0.4) is 0 Å². The molecule has 1 aliphatic carbocycles. The van der Waals surface area contributed by atoms with Crippen LogP contribution in [0.4, 0.5) is 0 Å². The van der Waals surface area contributed by atoms with Crippen molar-refractivity contribution in [2.75, 3.05) is 0 Å². The molecule has 0 spiro atoms. The van der Waals surface area contributed by atoms with Crippen molar-refractivity contribution < 1.29 is 8.42 Å². The molecule has 82 valence electrons. The second kappa shape index (κ2) is 3.94. The van der Waals surface area contributed by atoms with E-state index in [2.05, 4.69) is 0 Å². The first-order valence-electron chi connectivity index (χ1n) is 5.18. The first-order chi connectivity index (χ1) is 7.07. The standard InChI is InChI=1S/C11H15NO2S/c12-15(13,14)11-7-2-1-6-10(11)8-9-4-3-5-9/h1-2,6-7,9H,3-5,8H2,(H2,12,13,14). The fourth-order valence-corrected chi connectivity index (χ4v) is 2.74. The summed E-state index contributed by atoms with van der Waals surface area (Å²) in [4.78, 5) is 0.289. The van der Waals surface area contributed by atoms with Gasteiger partial charge in [0.1, 0.15) is 0 Å². The fraction of sp³-hybridized carbons (Fsp3) is 0.455. The lowest BCUT2D eigenvalue weighted by Crippen LogP contribution is -2.18. The predicted octanol–water partition coefficient (Wildman–Crippen LogP) is 1.68. The molecule has 1 aromatic rings. The van der Waals surface area contributed by atoms with Crippen LogP contribution in [-0.2, 0) is 16.4 Å². The van der Waals surface area contributed by atoms with Gasteiger partial charge in [0.15, 0.2) is 0 Å². The lowest BCUT2D eigenvalue weighted by Gasteiger charge is -2.25. The van der Waals surface area contributed by atoms with Gasteiger partial charge in [0.25, 0.3) is 0 Å². The largest absolute Gasteiger partial charge is 0.238 e. The Labute approximate surface area is 90.4 Å². The van der Waals surface area contributed by atoms with E-state index in [4.69, 9.17) is 5.14 Å². The van der Waals surface area contributed by atoms with Crippen LogP contribution >= 0.6 is 0 Å². The number of primary sulfonamides is 1. The molecule has 0 unspecified atom stereocenters. The summed E-state index contributed by atoms with van der Waals surface area (Å²) in [5.74, 6) is 0.646. The summed E-state index contributed by atoms with van der Waals surface area (Å²) >= 11 is 0. The van der Waals surface area contributed by atoms with Crippen molar-refractivity contribution in [3.63, 3.8) is 0 Å². The van der Waals surface area contributed by atoms with E-state index in [1.807, 2.05) is 12.1 Å².